The molecular formula is C26H34ClN3O3. The zero-order valence-electron chi connectivity index (χ0n) is 19.9. The van der Waals surface area contributed by atoms with E-state index in [1.807, 2.05) is 42.2 Å². The predicted molar refractivity (Wildman–Crippen MR) is 134 cm³/mol. The van der Waals surface area contributed by atoms with E-state index in [0.717, 1.165) is 29.9 Å². The van der Waals surface area contributed by atoms with Crippen LogP contribution in [0.25, 0.3) is 0 Å². The fourth-order valence-electron chi connectivity index (χ4n) is 4.37. The maximum Gasteiger partial charge on any atom is 0.225 e. The molecule has 2 aromatic carbocycles. The number of rotatable bonds is 8. The van der Waals surface area contributed by atoms with Crippen molar-refractivity contribution in [3.63, 3.8) is 0 Å². The lowest BCUT2D eigenvalue weighted by Gasteiger charge is -2.38. The fraction of sp³-hybridized carbons (Fsp3) is 0.462. The summed E-state index contributed by atoms with van der Waals surface area (Å²) in [5.74, 6) is 1.10. The Morgan fingerprint density at radius 2 is 1.82 bits per heavy atom. The number of hydrogen-bond donors (Lipinski definition) is 1. The maximum atomic E-state index is 13.1. The number of halogens is 1. The lowest BCUT2D eigenvalue weighted by atomic mass is 9.97. The summed E-state index contributed by atoms with van der Waals surface area (Å²) in [6.45, 7) is 8.97. The summed E-state index contributed by atoms with van der Waals surface area (Å²) in [6.07, 6.45) is 1.31. The number of ether oxygens (including phenoxy) is 1. The van der Waals surface area contributed by atoms with Gasteiger partial charge in [0.2, 0.25) is 5.91 Å². The maximum absolute atomic E-state index is 13.1. The summed E-state index contributed by atoms with van der Waals surface area (Å²) in [7, 11) is 1.62. The van der Waals surface area contributed by atoms with Gasteiger partial charge in [0, 0.05) is 48.4 Å². The van der Waals surface area contributed by atoms with Gasteiger partial charge in [0.15, 0.2) is 0 Å². The molecule has 0 radical (unpaired) electrons. The van der Waals surface area contributed by atoms with E-state index >= 15 is 0 Å². The summed E-state index contributed by atoms with van der Waals surface area (Å²) in [5.41, 5.74) is 3.69. The molecule has 0 aliphatic carbocycles. The average Bonchev–Trinajstić information content (AvgIpc) is 2.83. The predicted octanol–water partition coefficient (Wildman–Crippen LogP) is 5.10. The highest BCUT2D eigenvalue weighted by Crippen LogP contribution is 2.28. The summed E-state index contributed by atoms with van der Waals surface area (Å²) in [5, 5.41) is 13.8. The van der Waals surface area contributed by atoms with Crippen molar-refractivity contribution < 1.29 is 14.7 Å². The van der Waals surface area contributed by atoms with Crippen molar-refractivity contribution in [2.75, 3.05) is 38.2 Å². The fourth-order valence-corrected chi connectivity index (χ4v) is 4.53. The van der Waals surface area contributed by atoms with Crippen molar-refractivity contribution in [3.05, 3.63) is 58.6 Å². The minimum Gasteiger partial charge on any atom is -0.496 e. The highest BCUT2D eigenvalue weighted by atomic mass is 35.5. The van der Waals surface area contributed by atoms with E-state index in [0.29, 0.717) is 48.3 Å². The van der Waals surface area contributed by atoms with Gasteiger partial charge < -0.3 is 19.7 Å². The molecule has 1 fully saturated rings. The summed E-state index contributed by atoms with van der Waals surface area (Å²) >= 11 is 6.06. The topological polar surface area (TPSA) is 65.4 Å². The summed E-state index contributed by atoms with van der Waals surface area (Å²) in [6, 6.07) is 13.6. The lowest BCUT2D eigenvalue weighted by molar-refractivity contribution is -0.135. The van der Waals surface area contributed by atoms with E-state index < -0.39 is 0 Å². The van der Waals surface area contributed by atoms with Crippen molar-refractivity contribution >= 4 is 28.9 Å². The number of oxime groups is 1. The van der Waals surface area contributed by atoms with Gasteiger partial charge in [0.25, 0.3) is 0 Å². The molecule has 1 amide bonds. The molecule has 178 valence electrons. The largest absolute Gasteiger partial charge is 0.496 e. The molecule has 1 saturated heterocycles. The van der Waals surface area contributed by atoms with Gasteiger partial charge in [-0.2, -0.15) is 0 Å². The Morgan fingerprint density at radius 1 is 1.12 bits per heavy atom. The molecule has 33 heavy (non-hydrogen) atoms. The molecule has 0 spiro atoms. The zero-order chi connectivity index (χ0) is 24.0. The minimum absolute atomic E-state index is 0.150. The van der Waals surface area contributed by atoms with Crippen LogP contribution in [0.3, 0.4) is 0 Å². The first-order chi connectivity index (χ1) is 15.8. The van der Waals surface area contributed by atoms with Crippen molar-refractivity contribution in [3.8, 4) is 5.75 Å². The SMILES string of the molecule is COc1cc(Cl)ccc1CC(C)C(=O)N1CCN(c2ccccc2/C(CC(C)C)=N/O)CC1. The monoisotopic (exact) mass is 471 g/mol. The number of piperazine rings is 1. The van der Waals surface area contributed by atoms with Crippen LogP contribution in [0, 0.1) is 11.8 Å². The third kappa shape index (κ3) is 6.20. The Bertz CT molecular complexity index is 984. The van der Waals surface area contributed by atoms with Crippen molar-refractivity contribution in [1.29, 1.82) is 0 Å². The van der Waals surface area contributed by atoms with Crippen molar-refractivity contribution in [2.24, 2.45) is 17.0 Å². The second-order valence-corrected chi connectivity index (χ2v) is 9.47. The Morgan fingerprint density at radius 3 is 2.45 bits per heavy atom. The lowest BCUT2D eigenvalue weighted by Crippen LogP contribution is -2.50. The van der Waals surface area contributed by atoms with Crippen molar-refractivity contribution in [1.82, 2.24) is 4.90 Å². The average molecular weight is 472 g/mol. The number of benzene rings is 2. The molecule has 2 aromatic rings. The molecule has 3 rings (SSSR count). The molecule has 0 saturated carbocycles. The molecule has 1 atom stereocenters. The number of carbonyl (C=O) groups excluding carboxylic acids is 1. The molecule has 1 unspecified atom stereocenters. The molecule has 0 aromatic heterocycles. The Labute approximate surface area is 201 Å². The van der Waals surface area contributed by atoms with Crippen LogP contribution in [0.1, 0.15) is 38.3 Å². The number of methoxy groups -OCH3 is 1. The van der Waals surface area contributed by atoms with Crippen LogP contribution < -0.4 is 9.64 Å². The van der Waals surface area contributed by atoms with Gasteiger partial charge in [0.05, 0.1) is 12.8 Å². The first-order valence-corrected chi connectivity index (χ1v) is 11.9. The smallest absolute Gasteiger partial charge is 0.225 e. The van der Waals surface area contributed by atoms with E-state index in [2.05, 4.69) is 30.0 Å². The van der Waals surface area contributed by atoms with Gasteiger partial charge in [0.1, 0.15) is 5.75 Å². The van der Waals surface area contributed by atoms with E-state index in [1.165, 1.54) is 0 Å². The molecule has 0 bridgehead atoms. The van der Waals surface area contributed by atoms with Gasteiger partial charge >= 0.3 is 0 Å². The Balaban J connectivity index is 1.65. The standard InChI is InChI=1S/C26H34ClN3O3/c1-18(2)15-23(28-32)22-7-5-6-8-24(22)29-11-13-30(14-12-29)26(31)19(3)16-20-9-10-21(27)17-25(20)33-4/h5-10,17-19,32H,11-16H2,1-4H3/b28-23+. The Kier molecular flexibility index (Phi) is 8.61. The molecular weight excluding hydrogens is 438 g/mol. The normalized spacial score (nSPS) is 15.6. The zero-order valence-corrected chi connectivity index (χ0v) is 20.7. The number of para-hydroxylation sites is 1. The Hall–Kier alpha value is -2.73. The van der Waals surface area contributed by atoms with Crippen LogP contribution in [0.5, 0.6) is 5.75 Å². The van der Waals surface area contributed by atoms with Crippen LogP contribution in [0.2, 0.25) is 5.02 Å². The van der Waals surface area contributed by atoms with E-state index in [-0.39, 0.29) is 11.8 Å². The van der Waals surface area contributed by atoms with E-state index in [9.17, 15) is 10.0 Å². The van der Waals surface area contributed by atoms with Gasteiger partial charge in [-0.15, -0.1) is 0 Å². The quantitative estimate of drug-likeness (QED) is 0.330. The second kappa shape index (κ2) is 11.4. The van der Waals surface area contributed by atoms with Crippen molar-refractivity contribution in [2.45, 2.75) is 33.6 Å². The van der Waals surface area contributed by atoms with Crippen LogP contribution >= 0.6 is 11.6 Å². The highest BCUT2D eigenvalue weighted by molar-refractivity contribution is 6.30. The number of amides is 1. The molecule has 1 aliphatic rings. The first-order valence-electron chi connectivity index (χ1n) is 11.5. The van der Waals surface area contributed by atoms with Gasteiger partial charge in [-0.1, -0.05) is 61.8 Å². The number of carbonyl (C=O) groups is 1. The number of anilines is 1. The number of hydrogen-bond acceptors (Lipinski definition) is 5. The third-order valence-electron chi connectivity index (χ3n) is 6.07. The van der Waals surface area contributed by atoms with Crippen LogP contribution in [-0.2, 0) is 11.2 Å². The van der Waals surface area contributed by atoms with E-state index in [4.69, 9.17) is 16.3 Å². The highest BCUT2D eigenvalue weighted by Gasteiger charge is 2.27. The van der Waals surface area contributed by atoms with Gasteiger partial charge in [-0.25, -0.2) is 0 Å². The summed E-state index contributed by atoms with van der Waals surface area (Å²) in [4.78, 5) is 17.4. The molecule has 1 aliphatic heterocycles. The minimum atomic E-state index is -0.155. The molecule has 6 nitrogen and oxygen atoms in total. The van der Waals surface area contributed by atoms with E-state index in [1.54, 1.807) is 13.2 Å². The number of nitrogens with zero attached hydrogens (tertiary/aromatic N) is 3. The molecule has 1 N–H and O–H groups in total. The van der Waals surface area contributed by atoms with Gasteiger partial charge in [-0.3, -0.25) is 4.79 Å². The van der Waals surface area contributed by atoms with Gasteiger partial charge in [-0.05, 0) is 42.5 Å². The summed E-state index contributed by atoms with van der Waals surface area (Å²) < 4.78 is 5.44. The van der Waals surface area contributed by atoms with Crippen LogP contribution in [0.4, 0.5) is 5.69 Å². The van der Waals surface area contributed by atoms with Crippen LogP contribution in [0.15, 0.2) is 47.6 Å². The third-order valence-corrected chi connectivity index (χ3v) is 6.30. The van der Waals surface area contributed by atoms with Crippen LogP contribution in [-0.4, -0.2) is 55.0 Å². The first kappa shape index (κ1) is 24.9. The molecule has 7 heteroatoms. The molecule has 1 heterocycles. The second-order valence-electron chi connectivity index (χ2n) is 9.04.